The number of pyridine rings is 1. The van der Waals surface area contributed by atoms with Crippen molar-refractivity contribution in [2.75, 3.05) is 0 Å². The summed E-state index contributed by atoms with van der Waals surface area (Å²) in [4.78, 5) is 26.1. The summed E-state index contributed by atoms with van der Waals surface area (Å²) in [5.74, 6) is -0.0543. The number of carbonyl (C=O) groups is 1. The van der Waals surface area contributed by atoms with Gasteiger partial charge in [0.05, 0.1) is 0 Å². The molecule has 4 nitrogen and oxygen atoms in total. The predicted molar refractivity (Wildman–Crippen MR) is 77.4 cm³/mol. The van der Waals surface area contributed by atoms with Crippen LogP contribution in [0.25, 0.3) is 0 Å². The van der Waals surface area contributed by atoms with Gasteiger partial charge in [0.2, 0.25) is 0 Å². The van der Waals surface area contributed by atoms with Crippen LogP contribution in [-0.2, 0) is 7.05 Å². The summed E-state index contributed by atoms with van der Waals surface area (Å²) in [6.45, 7) is 8.23. The minimum Gasteiger partial charge on any atom is -0.333 e. The quantitative estimate of drug-likeness (QED) is 0.819. The largest absolute Gasteiger partial charge is 0.333 e. The predicted octanol–water partition coefficient (Wildman–Crippen LogP) is 2.42. The molecule has 106 valence electrons. The van der Waals surface area contributed by atoms with E-state index in [1.165, 1.54) is 10.6 Å². The van der Waals surface area contributed by atoms with Gasteiger partial charge < -0.3 is 9.47 Å². The molecule has 0 aromatic carbocycles. The van der Waals surface area contributed by atoms with Gasteiger partial charge in [0.25, 0.3) is 11.5 Å². The zero-order chi connectivity index (χ0) is 14.6. The third-order valence-electron chi connectivity index (χ3n) is 3.72. The van der Waals surface area contributed by atoms with Gasteiger partial charge >= 0.3 is 0 Å². The van der Waals surface area contributed by atoms with Gasteiger partial charge in [0, 0.05) is 37.0 Å². The second-order valence-corrected chi connectivity index (χ2v) is 5.09. The molecule has 0 bridgehead atoms. The van der Waals surface area contributed by atoms with Crippen molar-refractivity contribution in [1.29, 1.82) is 0 Å². The molecule has 0 saturated heterocycles. The van der Waals surface area contributed by atoms with Crippen molar-refractivity contribution >= 4 is 5.91 Å². The van der Waals surface area contributed by atoms with Crippen molar-refractivity contribution in [2.45, 2.75) is 52.6 Å². The highest BCUT2D eigenvalue weighted by molar-refractivity contribution is 5.94. The molecule has 0 aliphatic carbocycles. The molecule has 1 rings (SSSR count). The molecular formula is C15H24N2O2. The van der Waals surface area contributed by atoms with Crippen molar-refractivity contribution in [3.63, 3.8) is 0 Å². The van der Waals surface area contributed by atoms with Crippen LogP contribution in [0.4, 0.5) is 0 Å². The minimum atomic E-state index is -0.154. The van der Waals surface area contributed by atoms with Crippen LogP contribution in [0.3, 0.4) is 0 Å². The molecule has 1 aromatic heterocycles. The lowest BCUT2D eigenvalue weighted by Gasteiger charge is -2.34. The molecule has 1 aromatic rings. The molecule has 1 amide bonds. The Bertz CT molecular complexity index is 483. The van der Waals surface area contributed by atoms with Crippen molar-refractivity contribution in [2.24, 2.45) is 7.05 Å². The third-order valence-corrected chi connectivity index (χ3v) is 3.72. The summed E-state index contributed by atoms with van der Waals surface area (Å²) in [5.41, 5.74) is 0.322. The van der Waals surface area contributed by atoms with Gasteiger partial charge in [-0.2, -0.15) is 0 Å². The number of amides is 1. The first-order valence-electron chi connectivity index (χ1n) is 6.91. The standard InChI is InChI=1S/C15H24N2O2/c1-6-11(3)17(12(4)7-2)15(19)13-8-9-16(5)14(18)10-13/h8-12H,6-7H2,1-5H3/t11-,12-/m0/s1. The Morgan fingerprint density at radius 2 is 1.79 bits per heavy atom. The number of hydrogen-bond donors (Lipinski definition) is 0. The van der Waals surface area contributed by atoms with E-state index in [9.17, 15) is 9.59 Å². The van der Waals surface area contributed by atoms with Crippen LogP contribution < -0.4 is 5.56 Å². The van der Waals surface area contributed by atoms with Gasteiger partial charge in [0.15, 0.2) is 0 Å². The highest BCUT2D eigenvalue weighted by Gasteiger charge is 2.24. The fraction of sp³-hybridized carbons (Fsp3) is 0.600. The first-order valence-corrected chi connectivity index (χ1v) is 6.91. The van der Waals surface area contributed by atoms with E-state index >= 15 is 0 Å². The number of aromatic nitrogens is 1. The van der Waals surface area contributed by atoms with Crippen molar-refractivity contribution in [1.82, 2.24) is 9.47 Å². The van der Waals surface area contributed by atoms with Crippen molar-refractivity contribution < 1.29 is 4.79 Å². The van der Waals surface area contributed by atoms with E-state index in [0.717, 1.165) is 12.8 Å². The molecule has 0 fully saturated rings. The van der Waals surface area contributed by atoms with E-state index in [2.05, 4.69) is 13.8 Å². The SMILES string of the molecule is CC[C@H](C)N(C(=O)c1ccn(C)c(=O)c1)[C@@H](C)CC. The number of rotatable bonds is 5. The van der Waals surface area contributed by atoms with Gasteiger partial charge in [-0.05, 0) is 32.8 Å². The summed E-state index contributed by atoms with van der Waals surface area (Å²) >= 11 is 0. The van der Waals surface area contributed by atoms with E-state index in [1.807, 2.05) is 18.7 Å². The maximum Gasteiger partial charge on any atom is 0.254 e. The summed E-state index contributed by atoms with van der Waals surface area (Å²) in [7, 11) is 1.68. The van der Waals surface area contributed by atoms with E-state index in [0.29, 0.717) is 5.56 Å². The van der Waals surface area contributed by atoms with Crippen molar-refractivity contribution in [3.8, 4) is 0 Å². The lowest BCUT2D eigenvalue weighted by Crippen LogP contribution is -2.44. The Hall–Kier alpha value is -1.58. The van der Waals surface area contributed by atoms with Gasteiger partial charge in [-0.3, -0.25) is 9.59 Å². The number of hydrogen-bond acceptors (Lipinski definition) is 2. The lowest BCUT2D eigenvalue weighted by atomic mass is 10.1. The lowest BCUT2D eigenvalue weighted by molar-refractivity contribution is 0.0598. The normalized spacial score (nSPS) is 13.9. The Balaban J connectivity index is 3.11. The number of aryl methyl sites for hydroxylation is 1. The Kier molecular flexibility index (Phi) is 5.33. The molecule has 0 N–H and O–H groups in total. The molecule has 0 unspecified atom stereocenters. The van der Waals surface area contributed by atoms with Gasteiger partial charge in [-0.15, -0.1) is 0 Å². The maximum atomic E-state index is 12.6. The topological polar surface area (TPSA) is 42.3 Å². The van der Waals surface area contributed by atoms with E-state index < -0.39 is 0 Å². The molecule has 0 aliphatic heterocycles. The molecular weight excluding hydrogens is 240 g/mol. The monoisotopic (exact) mass is 264 g/mol. The number of nitrogens with zero attached hydrogens (tertiary/aromatic N) is 2. The fourth-order valence-electron chi connectivity index (χ4n) is 2.06. The van der Waals surface area contributed by atoms with Crippen LogP contribution in [0.1, 0.15) is 50.9 Å². The van der Waals surface area contributed by atoms with Gasteiger partial charge in [0.1, 0.15) is 0 Å². The summed E-state index contributed by atoms with van der Waals surface area (Å²) in [6.07, 6.45) is 3.45. The smallest absolute Gasteiger partial charge is 0.254 e. The average molecular weight is 264 g/mol. The third kappa shape index (κ3) is 3.46. The molecule has 0 spiro atoms. The van der Waals surface area contributed by atoms with E-state index in [-0.39, 0.29) is 23.6 Å². The average Bonchev–Trinajstić information content (AvgIpc) is 2.41. The van der Waals surface area contributed by atoms with Crippen LogP contribution >= 0.6 is 0 Å². The minimum absolute atomic E-state index is 0.0543. The molecule has 1 heterocycles. The summed E-state index contributed by atoms with van der Waals surface area (Å²) in [6, 6.07) is 3.47. The molecule has 0 aliphatic rings. The first-order chi connectivity index (χ1) is 8.92. The number of carbonyl (C=O) groups excluding carboxylic acids is 1. The van der Waals surface area contributed by atoms with Crippen LogP contribution in [0.2, 0.25) is 0 Å². The van der Waals surface area contributed by atoms with Crippen molar-refractivity contribution in [3.05, 3.63) is 34.2 Å². The molecule has 19 heavy (non-hydrogen) atoms. The Morgan fingerprint density at radius 1 is 1.26 bits per heavy atom. The maximum absolute atomic E-state index is 12.6. The summed E-state index contributed by atoms with van der Waals surface area (Å²) < 4.78 is 1.47. The van der Waals surface area contributed by atoms with Crippen LogP contribution in [0.5, 0.6) is 0 Å². The van der Waals surface area contributed by atoms with Gasteiger partial charge in [-0.25, -0.2) is 0 Å². The molecule has 4 heteroatoms. The fourth-order valence-corrected chi connectivity index (χ4v) is 2.06. The van der Waals surface area contributed by atoms with Crippen LogP contribution in [-0.4, -0.2) is 27.5 Å². The van der Waals surface area contributed by atoms with Gasteiger partial charge in [-0.1, -0.05) is 13.8 Å². The summed E-state index contributed by atoms with van der Waals surface area (Å²) in [5, 5.41) is 0. The molecule has 0 saturated carbocycles. The van der Waals surface area contributed by atoms with E-state index in [1.54, 1.807) is 19.3 Å². The van der Waals surface area contributed by atoms with Crippen LogP contribution in [0, 0.1) is 0 Å². The highest BCUT2D eigenvalue weighted by atomic mass is 16.2. The Morgan fingerprint density at radius 3 is 2.21 bits per heavy atom. The highest BCUT2D eigenvalue weighted by Crippen LogP contribution is 2.15. The zero-order valence-corrected chi connectivity index (χ0v) is 12.5. The first kappa shape index (κ1) is 15.5. The molecule has 0 radical (unpaired) electrons. The Labute approximate surface area is 115 Å². The molecule has 2 atom stereocenters. The zero-order valence-electron chi connectivity index (χ0n) is 12.5. The second kappa shape index (κ2) is 6.55. The second-order valence-electron chi connectivity index (χ2n) is 5.09. The van der Waals surface area contributed by atoms with E-state index in [4.69, 9.17) is 0 Å². The van der Waals surface area contributed by atoms with Crippen LogP contribution in [0.15, 0.2) is 23.1 Å².